The molecule has 0 saturated carbocycles. The Kier molecular flexibility index (Phi) is 6.71. The van der Waals surface area contributed by atoms with Gasteiger partial charge >= 0.3 is 11.6 Å². The number of nitrogens with one attached hydrogen (secondary N) is 2. The van der Waals surface area contributed by atoms with E-state index in [4.69, 9.17) is 18.5 Å². The third-order valence-corrected chi connectivity index (χ3v) is 5.37. The summed E-state index contributed by atoms with van der Waals surface area (Å²) in [6.45, 7) is 0.678. The van der Waals surface area contributed by atoms with E-state index in [2.05, 4.69) is 15.0 Å². The molecule has 4 rings (SSSR count). The van der Waals surface area contributed by atoms with Gasteiger partial charge in [-0.1, -0.05) is 6.42 Å². The van der Waals surface area contributed by atoms with Crippen molar-refractivity contribution in [2.45, 2.75) is 25.7 Å². The van der Waals surface area contributed by atoms with Gasteiger partial charge in [0.2, 0.25) is 5.89 Å². The van der Waals surface area contributed by atoms with Crippen molar-refractivity contribution in [1.29, 1.82) is 0 Å². The second kappa shape index (κ2) is 9.84. The topological polar surface area (TPSA) is 155 Å². The van der Waals surface area contributed by atoms with E-state index >= 15 is 0 Å². The molecule has 0 saturated heterocycles. The predicted octanol–water partition coefficient (Wildman–Crippen LogP) is 4.21. The van der Waals surface area contributed by atoms with Crippen molar-refractivity contribution >= 4 is 50.7 Å². The number of hydrogen-bond donors (Lipinski definition) is 4. The minimum Gasteiger partial charge on any atom is -0.481 e. The van der Waals surface area contributed by atoms with Crippen molar-refractivity contribution < 1.29 is 27.5 Å². The number of rotatable bonds is 10. The van der Waals surface area contributed by atoms with Gasteiger partial charge in [-0.25, -0.2) is 14.0 Å². The van der Waals surface area contributed by atoms with Gasteiger partial charge in [0.05, 0.1) is 5.69 Å². The smallest absolute Gasteiger partial charge is 0.349 e. The highest BCUT2D eigenvalue weighted by Gasteiger charge is 2.15. The zero-order valence-corrected chi connectivity index (χ0v) is 18.2. The Labute approximate surface area is 190 Å². The number of nitrogens with zero attached hydrogens (tertiary/aromatic N) is 1. The number of carbonyl (C=O) groups is 1. The quantitative estimate of drug-likeness (QED) is 0.151. The van der Waals surface area contributed by atoms with Crippen LogP contribution in [-0.4, -0.2) is 31.4 Å². The summed E-state index contributed by atoms with van der Waals surface area (Å²) >= 11 is -2.22. The fraction of sp³-hybridized carbons (Fsp3) is 0.227. The molecule has 0 radical (unpaired) electrons. The van der Waals surface area contributed by atoms with Crippen molar-refractivity contribution in [2.24, 2.45) is 0 Å². The lowest BCUT2D eigenvalue weighted by atomic mass is 10.1. The monoisotopic (exact) mass is 471 g/mol. The van der Waals surface area contributed by atoms with Gasteiger partial charge < -0.3 is 19.3 Å². The van der Waals surface area contributed by atoms with Gasteiger partial charge in [-0.2, -0.15) is 0 Å². The number of unbranched alkanes of at least 4 members (excludes halogenated alkanes) is 2. The number of carboxylic acid groups (broad SMARTS) is 1. The lowest BCUT2D eigenvalue weighted by Gasteiger charge is -2.07. The molecule has 33 heavy (non-hydrogen) atoms. The van der Waals surface area contributed by atoms with Gasteiger partial charge in [0.1, 0.15) is 16.7 Å². The molecule has 0 aliphatic rings. The van der Waals surface area contributed by atoms with Crippen LogP contribution in [0.4, 0.5) is 11.4 Å². The summed E-state index contributed by atoms with van der Waals surface area (Å²) in [4.78, 5) is 27.4. The predicted molar refractivity (Wildman–Crippen MR) is 124 cm³/mol. The van der Waals surface area contributed by atoms with Crippen molar-refractivity contribution in [2.75, 3.05) is 16.6 Å². The van der Waals surface area contributed by atoms with Crippen LogP contribution in [0.3, 0.4) is 0 Å². The number of aromatic nitrogens is 1. The number of aliphatic carboxylic acids is 1. The molecule has 10 nitrogen and oxygen atoms in total. The maximum absolute atomic E-state index is 12.6. The summed E-state index contributed by atoms with van der Waals surface area (Å²) < 4.78 is 33.4. The summed E-state index contributed by atoms with van der Waals surface area (Å²) in [5.74, 6) is -0.697. The van der Waals surface area contributed by atoms with Gasteiger partial charge in [0.25, 0.3) is 11.3 Å². The van der Waals surface area contributed by atoms with Crippen LogP contribution in [0.25, 0.3) is 33.5 Å². The zero-order chi connectivity index (χ0) is 23.4. The lowest BCUT2D eigenvalue weighted by molar-refractivity contribution is -0.137. The van der Waals surface area contributed by atoms with Crippen LogP contribution in [0.5, 0.6) is 0 Å². The van der Waals surface area contributed by atoms with E-state index in [1.54, 1.807) is 30.3 Å². The van der Waals surface area contributed by atoms with Crippen LogP contribution in [0.2, 0.25) is 0 Å². The molecule has 0 bridgehead atoms. The van der Waals surface area contributed by atoms with E-state index in [1.807, 2.05) is 12.1 Å². The Morgan fingerprint density at radius 2 is 1.82 bits per heavy atom. The molecule has 2 aromatic heterocycles. The van der Waals surface area contributed by atoms with Gasteiger partial charge in [-0.05, 0) is 49.2 Å². The highest BCUT2D eigenvalue weighted by Crippen LogP contribution is 2.27. The summed E-state index contributed by atoms with van der Waals surface area (Å²) in [5.41, 5.74) is 1.99. The van der Waals surface area contributed by atoms with E-state index in [-0.39, 0.29) is 17.9 Å². The van der Waals surface area contributed by atoms with Crippen LogP contribution in [-0.2, 0) is 16.1 Å². The Hall–Kier alpha value is -3.70. The molecule has 0 aliphatic heterocycles. The molecule has 0 amide bonds. The molecule has 4 N–H and O–H groups in total. The van der Waals surface area contributed by atoms with Gasteiger partial charge in [0.15, 0.2) is 5.58 Å². The Balaban J connectivity index is 1.51. The second-order valence-corrected chi connectivity index (χ2v) is 8.09. The molecule has 2 aromatic carbocycles. The van der Waals surface area contributed by atoms with Crippen molar-refractivity contribution in [1.82, 2.24) is 4.98 Å². The maximum Gasteiger partial charge on any atom is 0.349 e. The summed E-state index contributed by atoms with van der Waals surface area (Å²) in [6, 6.07) is 11.7. The molecule has 1 atom stereocenters. The highest BCUT2D eigenvalue weighted by atomic mass is 32.2. The van der Waals surface area contributed by atoms with E-state index in [9.17, 15) is 13.8 Å². The maximum atomic E-state index is 12.6. The minimum atomic E-state index is -2.22. The summed E-state index contributed by atoms with van der Waals surface area (Å²) in [5, 5.41) is 12.6. The molecule has 172 valence electrons. The van der Waals surface area contributed by atoms with Crippen LogP contribution < -0.4 is 15.7 Å². The first-order valence-electron chi connectivity index (χ1n) is 10.2. The van der Waals surface area contributed by atoms with Crippen molar-refractivity contribution in [3.05, 3.63) is 52.9 Å². The molecular weight excluding hydrogens is 450 g/mol. The van der Waals surface area contributed by atoms with E-state index in [0.717, 1.165) is 18.5 Å². The average Bonchev–Trinajstić information content (AvgIpc) is 3.18. The molecular formula is C22H21N3O7S. The number of oxazole rings is 1. The van der Waals surface area contributed by atoms with Gasteiger partial charge in [-0.3, -0.25) is 14.1 Å². The second-order valence-electron chi connectivity index (χ2n) is 7.38. The largest absolute Gasteiger partial charge is 0.481 e. The van der Waals surface area contributed by atoms with Crippen LogP contribution in [0.1, 0.15) is 25.7 Å². The number of anilines is 2. The molecule has 1 unspecified atom stereocenters. The van der Waals surface area contributed by atoms with Crippen molar-refractivity contribution in [3.8, 4) is 11.5 Å². The number of hydrogen-bond acceptors (Lipinski definition) is 7. The average molecular weight is 471 g/mol. The summed E-state index contributed by atoms with van der Waals surface area (Å²) in [7, 11) is 0. The van der Waals surface area contributed by atoms with Crippen molar-refractivity contribution in [3.63, 3.8) is 0 Å². The summed E-state index contributed by atoms with van der Waals surface area (Å²) in [6.07, 6.45) is 2.45. The molecule has 0 aliphatic carbocycles. The lowest BCUT2D eigenvalue weighted by Crippen LogP contribution is -2.04. The van der Waals surface area contributed by atoms with E-state index in [0.29, 0.717) is 40.7 Å². The molecule has 11 heteroatoms. The van der Waals surface area contributed by atoms with E-state index in [1.165, 1.54) is 0 Å². The number of carboxylic acids is 1. The van der Waals surface area contributed by atoms with Crippen LogP contribution in [0, 0.1) is 0 Å². The Morgan fingerprint density at radius 1 is 1.00 bits per heavy atom. The normalized spacial score (nSPS) is 12.2. The standard InChI is InChI=1S/C22H21N3O7S/c26-20(27)4-2-1-3-9-23-14-6-5-13-10-16(22(28)32-19(13)12-14)21-24-17-11-15(25-33(29)30)7-8-18(17)31-21/h5-8,10-12,23,25H,1-4,9H2,(H,26,27)(H,29,30). The third kappa shape index (κ3) is 5.57. The molecule has 2 heterocycles. The first-order valence-corrected chi connectivity index (χ1v) is 11.3. The first-order chi connectivity index (χ1) is 15.9. The van der Waals surface area contributed by atoms with E-state index < -0.39 is 22.9 Å². The van der Waals surface area contributed by atoms with Crippen LogP contribution in [0.15, 0.2) is 56.1 Å². The van der Waals surface area contributed by atoms with Gasteiger partial charge in [0, 0.05) is 30.1 Å². The highest BCUT2D eigenvalue weighted by molar-refractivity contribution is 7.80. The zero-order valence-electron chi connectivity index (χ0n) is 17.4. The number of benzene rings is 2. The fourth-order valence-electron chi connectivity index (χ4n) is 3.39. The Bertz CT molecular complexity index is 1400. The molecule has 0 spiro atoms. The molecule has 4 aromatic rings. The van der Waals surface area contributed by atoms with Crippen LogP contribution >= 0.6 is 0 Å². The number of fused-ring (bicyclic) bond motifs is 2. The Morgan fingerprint density at radius 3 is 2.61 bits per heavy atom. The SMILES string of the molecule is O=C(O)CCCCCNc1ccc2cc(-c3nc4cc(NS(=O)O)ccc4o3)c(=O)oc2c1. The minimum absolute atomic E-state index is 0.0893. The third-order valence-electron chi connectivity index (χ3n) is 4.96. The fourth-order valence-corrected chi connectivity index (χ4v) is 3.72. The van der Waals surface area contributed by atoms with Gasteiger partial charge in [-0.15, -0.1) is 0 Å². The first kappa shape index (κ1) is 22.5. The molecule has 0 fully saturated rings.